The average Bonchev–Trinajstić information content (AvgIpc) is 2.29. The summed E-state index contributed by atoms with van der Waals surface area (Å²) in [5.41, 5.74) is -0.157. The Hall–Kier alpha value is -2.04. The van der Waals surface area contributed by atoms with Crippen molar-refractivity contribution in [1.29, 1.82) is 5.41 Å². The molecule has 5 heteroatoms. The Morgan fingerprint density at radius 1 is 1.56 bits per heavy atom. The van der Waals surface area contributed by atoms with Gasteiger partial charge in [-0.3, -0.25) is 14.6 Å². The number of carbonyl (C=O) groups is 2. The summed E-state index contributed by atoms with van der Waals surface area (Å²) >= 11 is 0. The van der Waals surface area contributed by atoms with Crippen LogP contribution in [0.2, 0.25) is 0 Å². The van der Waals surface area contributed by atoms with E-state index in [4.69, 9.17) is 10.5 Å². The second kappa shape index (κ2) is 5.16. The van der Waals surface area contributed by atoms with Crippen molar-refractivity contribution in [2.24, 2.45) is 5.92 Å². The highest BCUT2D eigenvalue weighted by atomic mass is 16.4. The standard InChI is InChI=1S/C11H12N2O3/c1-2-8(11(15)16)9(12)10(14)7-4-3-5-13-6-7/h3-6,8,12H,2H2,1H3,(H,15,16). The lowest BCUT2D eigenvalue weighted by Crippen LogP contribution is -2.29. The highest BCUT2D eigenvalue weighted by Crippen LogP contribution is 2.09. The van der Waals surface area contributed by atoms with Crippen LogP contribution in [-0.4, -0.2) is 27.6 Å². The van der Waals surface area contributed by atoms with Gasteiger partial charge < -0.3 is 10.5 Å². The summed E-state index contributed by atoms with van der Waals surface area (Å²) in [7, 11) is 0. The minimum absolute atomic E-state index is 0.222. The molecule has 1 heterocycles. The quantitative estimate of drug-likeness (QED) is 0.579. The number of pyridine rings is 1. The fourth-order valence-electron chi connectivity index (χ4n) is 1.31. The third-order valence-corrected chi connectivity index (χ3v) is 2.22. The van der Waals surface area contributed by atoms with Crippen LogP contribution in [0.4, 0.5) is 0 Å². The second-order valence-electron chi connectivity index (χ2n) is 3.28. The summed E-state index contributed by atoms with van der Waals surface area (Å²) in [6, 6.07) is 3.08. The lowest BCUT2D eigenvalue weighted by atomic mass is 9.94. The van der Waals surface area contributed by atoms with Crippen LogP contribution in [-0.2, 0) is 4.79 Å². The molecule has 0 saturated carbocycles. The van der Waals surface area contributed by atoms with Crippen LogP contribution in [0.5, 0.6) is 0 Å². The summed E-state index contributed by atoms with van der Waals surface area (Å²) in [4.78, 5) is 26.3. The SMILES string of the molecule is CCC(C(=N)C(=O)c1cccnc1)C(=O)O. The van der Waals surface area contributed by atoms with Crippen LogP contribution in [0.15, 0.2) is 24.5 Å². The van der Waals surface area contributed by atoms with Crippen molar-refractivity contribution < 1.29 is 14.7 Å². The van der Waals surface area contributed by atoms with Gasteiger partial charge in [-0.15, -0.1) is 0 Å². The molecule has 1 unspecified atom stereocenters. The van der Waals surface area contributed by atoms with E-state index in [0.717, 1.165) is 0 Å². The first-order valence-corrected chi connectivity index (χ1v) is 4.83. The first kappa shape index (κ1) is 12.0. The van der Waals surface area contributed by atoms with Crippen LogP contribution in [0.1, 0.15) is 23.7 Å². The van der Waals surface area contributed by atoms with Gasteiger partial charge in [-0.05, 0) is 18.6 Å². The van der Waals surface area contributed by atoms with E-state index in [1.807, 2.05) is 0 Å². The molecular weight excluding hydrogens is 208 g/mol. The van der Waals surface area contributed by atoms with Gasteiger partial charge in [0.05, 0.1) is 5.71 Å². The van der Waals surface area contributed by atoms with E-state index in [1.54, 1.807) is 13.0 Å². The summed E-state index contributed by atoms with van der Waals surface area (Å²) < 4.78 is 0. The Bertz CT molecular complexity index is 414. The fourth-order valence-corrected chi connectivity index (χ4v) is 1.31. The maximum atomic E-state index is 11.7. The van der Waals surface area contributed by atoms with Crippen LogP contribution in [0, 0.1) is 11.3 Å². The number of aromatic nitrogens is 1. The largest absolute Gasteiger partial charge is 0.481 e. The third kappa shape index (κ3) is 2.50. The maximum absolute atomic E-state index is 11.7. The monoisotopic (exact) mass is 220 g/mol. The Labute approximate surface area is 92.6 Å². The van der Waals surface area contributed by atoms with Crippen LogP contribution >= 0.6 is 0 Å². The zero-order valence-electron chi connectivity index (χ0n) is 8.80. The highest BCUT2D eigenvalue weighted by Gasteiger charge is 2.26. The van der Waals surface area contributed by atoms with Crippen molar-refractivity contribution in [2.75, 3.05) is 0 Å². The number of nitrogens with zero attached hydrogens (tertiary/aromatic N) is 1. The topological polar surface area (TPSA) is 91.1 Å². The van der Waals surface area contributed by atoms with Crippen molar-refractivity contribution in [2.45, 2.75) is 13.3 Å². The van der Waals surface area contributed by atoms with E-state index in [9.17, 15) is 9.59 Å². The van der Waals surface area contributed by atoms with Crippen molar-refractivity contribution in [3.05, 3.63) is 30.1 Å². The molecule has 0 aliphatic rings. The summed E-state index contributed by atoms with van der Waals surface area (Å²) in [5, 5.41) is 16.4. The first-order valence-electron chi connectivity index (χ1n) is 4.83. The Balaban J connectivity index is 2.90. The fraction of sp³-hybridized carbons (Fsp3) is 0.273. The molecular formula is C11H12N2O3. The number of carboxylic acids is 1. The van der Waals surface area contributed by atoms with Gasteiger partial charge >= 0.3 is 5.97 Å². The molecule has 84 valence electrons. The van der Waals surface area contributed by atoms with Crippen LogP contribution in [0.25, 0.3) is 0 Å². The molecule has 2 N–H and O–H groups in total. The Kier molecular flexibility index (Phi) is 3.88. The molecule has 16 heavy (non-hydrogen) atoms. The molecule has 0 fully saturated rings. The lowest BCUT2D eigenvalue weighted by Gasteiger charge is -2.09. The molecule has 0 spiro atoms. The summed E-state index contributed by atoms with van der Waals surface area (Å²) in [6.45, 7) is 1.63. The van der Waals surface area contributed by atoms with Gasteiger partial charge in [0.1, 0.15) is 5.92 Å². The number of nitrogens with one attached hydrogen (secondary N) is 1. The van der Waals surface area contributed by atoms with Crippen molar-refractivity contribution in [3.8, 4) is 0 Å². The minimum atomic E-state index is -1.15. The van der Waals surface area contributed by atoms with Gasteiger partial charge in [-0.25, -0.2) is 0 Å². The second-order valence-corrected chi connectivity index (χ2v) is 3.28. The predicted octanol–water partition coefficient (Wildman–Crippen LogP) is 1.39. The zero-order chi connectivity index (χ0) is 12.1. The molecule has 1 aromatic rings. The highest BCUT2D eigenvalue weighted by molar-refractivity contribution is 6.47. The van der Waals surface area contributed by atoms with Gasteiger partial charge in [0.25, 0.3) is 0 Å². The van der Waals surface area contributed by atoms with E-state index in [-0.39, 0.29) is 12.0 Å². The molecule has 5 nitrogen and oxygen atoms in total. The maximum Gasteiger partial charge on any atom is 0.312 e. The molecule has 0 aliphatic heterocycles. The van der Waals surface area contributed by atoms with Crippen molar-refractivity contribution in [1.82, 2.24) is 4.98 Å². The zero-order valence-corrected chi connectivity index (χ0v) is 8.80. The molecule has 1 atom stereocenters. The minimum Gasteiger partial charge on any atom is -0.481 e. The summed E-state index contributed by atoms with van der Waals surface area (Å²) in [5.74, 6) is -2.78. The number of rotatable bonds is 5. The van der Waals surface area contributed by atoms with E-state index >= 15 is 0 Å². The smallest absolute Gasteiger partial charge is 0.312 e. The molecule has 1 rings (SSSR count). The molecule has 0 amide bonds. The number of hydrogen-bond acceptors (Lipinski definition) is 4. The Morgan fingerprint density at radius 2 is 2.25 bits per heavy atom. The number of ketones is 1. The van der Waals surface area contributed by atoms with Gasteiger partial charge in [0.2, 0.25) is 5.78 Å². The number of Topliss-reactive ketones (excluding diaryl/α,β-unsaturated/α-hetero) is 1. The molecule has 0 aliphatic carbocycles. The molecule has 0 saturated heterocycles. The van der Waals surface area contributed by atoms with E-state index < -0.39 is 23.4 Å². The molecule has 0 aromatic carbocycles. The molecule has 0 bridgehead atoms. The number of hydrogen-bond donors (Lipinski definition) is 2. The number of carboxylic acid groups (broad SMARTS) is 1. The number of carbonyl (C=O) groups excluding carboxylic acids is 1. The van der Waals surface area contributed by atoms with E-state index in [1.165, 1.54) is 18.5 Å². The van der Waals surface area contributed by atoms with E-state index in [2.05, 4.69) is 4.98 Å². The van der Waals surface area contributed by atoms with Gasteiger partial charge in [-0.1, -0.05) is 6.92 Å². The van der Waals surface area contributed by atoms with Gasteiger partial charge in [-0.2, -0.15) is 0 Å². The van der Waals surface area contributed by atoms with Crippen LogP contribution in [0.3, 0.4) is 0 Å². The van der Waals surface area contributed by atoms with E-state index in [0.29, 0.717) is 0 Å². The Morgan fingerprint density at radius 3 is 2.69 bits per heavy atom. The van der Waals surface area contributed by atoms with Crippen LogP contribution < -0.4 is 0 Å². The van der Waals surface area contributed by atoms with Gasteiger partial charge in [0.15, 0.2) is 0 Å². The summed E-state index contributed by atoms with van der Waals surface area (Å²) in [6.07, 6.45) is 3.06. The van der Waals surface area contributed by atoms with Crippen molar-refractivity contribution in [3.63, 3.8) is 0 Å². The number of aliphatic carboxylic acids is 1. The molecule has 1 aromatic heterocycles. The first-order chi connectivity index (χ1) is 7.57. The van der Waals surface area contributed by atoms with Crippen molar-refractivity contribution >= 4 is 17.5 Å². The lowest BCUT2D eigenvalue weighted by molar-refractivity contribution is -0.139. The van der Waals surface area contributed by atoms with Gasteiger partial charge in [0, 0.05) is 18.0 Å². The third-order valence-electron chi connectivity index (χ3n) is 2.22. The predicted molar refractivity (Wildman–Crippen MR) is 57.7 cm³/mol. The average molecular weight is 220 g/mol. The normalized spacial score (nSPS) is 11.8. The molecule has 0 radical (unpaired) electrons.